The molecule has 2 heterocycles. The summed E-state index contributed by atoms with van der Waals surface area (Å²) in [6, 6.07) is 20.9. The summed E-state index contributed by atoms with van der Waals surface area (Å²) in [5.41, 5.74) is 8.44. The van der Waals surface area contributed by atoms with Crippen LogP contribution in [0.15, 0.2) is 85.2 Å². The maximum absolute atomic E-state index is 13.0. The van der Waals surface area contributed by atoms with E-state index >= 15 is 0 Å². The fourth-order valence-corrected chi connectivity index (χ4v) is 4.70. The van der Waals surface area contributed by atoms with Crippen molar-refractivity contribution in [2.75, 3.05) is 11.1 Å². The number of halogens is 3. The number of nitrogens with one attached hydrogen (secondary N) is 1. The highest BCUT2D eigenvalue weighted by Crippen LogP contribution is 2.37. The number of hydrogen-bond acceptors (Lipinski definition) is 5. The zero-order chi connectivity index (χ0) is 24.6. The molecule has 0 fully saturated rings. The van der Waals surface area contributed by atoms with Gasteiger partial charge in [0.1, 0.15) is 11.2 Å². The summed E-state index contributed by atoms with van der Waals surface area (Å²) in [4.78, 5) is 23.3. The molecule has 0 aliphatic heterocycles. The number of carbonyl (C=O) groups excluding carboxylic acids is 1. The van der Waals surface area contributed by atoms with Crippen molar-refractivity contribution < 1.29 is 18.0 Å². The summed E-state index contributed by atoms with van der Waals surface area (Å²) in [7, 11) is 0. The van der Waals surface area contributed by atoms with E-state index in [9.17, 15) is 18.0 Å². The lowest BCUT2D eigenvalue weighted by Gasteiger charge is -2.10. The van der Waals surface area contributed by atoms with E-state index in [-0.39, 0.29) is 5.56 Å². The Balaban J connectivity index is 1.46. The van der Waals surface area contributed by atoms with E-state index in [0.29, 0.717) is 17.1 Å². The van der Waals surface area contributed by atoms with Crippen LogP contribution in [0.25, 0.3) is 31.9 Å². The lowest BCUT2D eigenvalue weighted by Crippen LogP contribution is -2.14. The van der Waals surface area contributed by atoms with Gasteiger partial charge in [-0.25, -0.2) is 9.97 Å². The number of aromatic nitrogens is 2. The number of thiophene rings is 1. The molecule has 0 aliphatic rings. The second-order valence-electron chi connectivity index (χ2n) is 7.79. The Morgan fingerprint density at radius 1 is 0.886 bits per heavy atom. The van der Waals surface area contributed by atoms with Crippen molar-refractivity contribution in [1.82, 2.24) is 9.97 Å². The Hall–Kier alpha value is -4.24. The molecule has 0 unspecified atom stereocenters. The third-order valence-electron chi connectivity index (χ3n) is 5.35. The number of nitrogen functional groups attached to an aromatic ring is 1. The lowest BCUT2D eigenvalue weighted by molar-refractivity contribution is -0.137. The van der Waals surface area contributed by atoms with Gasteiger partial charge in [0.05, 0.1) is 11.3 Å². The van der Waals surface area contributed by atoms with Crippen molar-refractivity contribution in [1.29, 1.82) is 0 Å². The average Bonchev–Trinajstić information content (AvgIpc) is 3.28. The maximum Gasteiger partial charge on any atom is 0.416 e. The molecular weight excluding hydrogens is 473 g/mol. The van der Waals surface area contributed by atoms with E-state index in [0.717, 1.165) is 38.4 Å². The molecule has 5 aromatic rings. The number of carbonyl (C=O) groups is 1. The first-order valence-electron chi connectivity index (χ1n) is 10.5. The van der Waals surface area contributed by atoms with E-state index in [1.165, 1.54) is 29.8 Å². The standard InChI is InChI=1S/C26H17F3N4OS/c27-26(28,29)18-7-1-6-17(10-18)24(34)33-20-9-3-5-16(12-20)23-21-13-22(35-25(21)32-14-31-23)15-4-2-8-19(30)11-15/h1-14H,30H2,(H,33,34). The Labute approximate surface area is 202 Å². The number of fused-ring (bicyclic) bond motifs is 1. The monoisotopic (exact) mass is 490 g/mol. The van der Waals surface area contributed by atoms with Gasteiger partial charge in [0, 0.05) is 32.8 Å². The largest absolute Gasteiger partial charge is 0.416 e. The molecule has 35 heavy (non-hydrogen) atoms. The predicted octanol–water partition coefficient (Wildman–Crippen LogP) is 6.88. The van der Waals surface area contributed by atoms with Crippen LogP contribution in [0.2, 0.25) is 0 Å². The maximum atomic E-state index is 13.0. The van der Waals surface area contributed by atoms with Crippen LogP contribution in [0.1, 0.15) is 15.9 Å². The highest BCUT2D eigenvalue weighted by atomic mass is 32.1. The minimum absolute atomic E-state index is 0.0840. The van der Waals surface area contributed by atoms with E-state index in [2.05, 4.69) is 15.3 Å². The topological polar surface area (TPSA) is 80.9 Å². The molecule has 0 bridgehead atoms. The molecule has 0 aliphatic carbocycles. The van der Waals surface area contributed by atoms with E-state index in [1.807, 2.05) is 36.4 Å². The van der Waals surface area contributed by atoms with Crippen LogP contribution in [-0.2, 0) is 6.18 Å². The smallest absolute Gasteiger partial charge is 0.399 e. The van der Waals surface area contributed by atoms with Crippen molar-refractivity contribution in [3.05, 3.63) is 96.3 Å². The molecule has 5 nitrogen and oxygen atoms in total. The van der Waals surface area contributed by atoms with Gasteiger partial charge in [-0.3, -0.25) is 4.79 Å². The van der Waals surface area contributed by atoms with Gasteiger partial charge >= 0.3 is 6.18 Å². The zero-order valence-corrected chi connectivity index (χ0v) is 18.8. The minimum atomic E-state index is -4.53. The summed E-state index contributed by atoms with van der Waals surface area (Å²) >= 11 is 1.52. The van der Waals surface area contributed by atoms with Gasteiger partial charge in [0.25, 0.3) is 5.91 Å². The first-order chi connectivity index (χ1) is 16.8. The number of nitrogens with zero attached hydrogens (tertiary/aromatic N) is 2. The SMILES string of the molecule is Nc1cccc(-c2cc3c(-c4cccc(NC(=O)c5cccc(C(F)(F)F)c5)c4)ncnc3s2)c1. The van der Waals surface area contributed by atoms with Crippen molar-refractivity contribution >= 4 is 38.8 Å². The number of rotatable bonds is 4. The molecule has 3 N–H and O–H groups in total. The number of benzene rings is 3. The summed E-state index contributed by atoms with van der Waals surface area (Å²) in [6.07, 6.45) is -3.05. The quantitative estimate of drug-likeness (QED) is 0.269. The molecule has 1 amide bonds. The van der Waals surface area contributed by atoms with Gasteiger partial charge in [-0.1, -0.05) is 30.3 Å². The molecule has 174 valence electrons. The second-order valence-corrected chi connectivity index (χ2v) is 8.82. The number of anilines is 2. The Bertz CT molecular complexity index is 1560. The summed E-state index contributed by atoms with van der Waals surface area (Å²) in [5, 5.41) is 3.52. The molecule has 3 aromatic carbocycles. The highest BCUT2D eigenvalue weighted by molar-refractivity contribution is 7.21. The van der Waals surface area contributed by atoms with E-state index in [1.54, 1.807) is 18.2 Å². The highest BCUT2D eigenvalue weighted by Gasteiger charge is 2.30. The Morgan fingerprint density at radius 2 is 1.66 bits per heavy atom. The van der Waals surface area contributed by atoms with Gasteiger partial charge in [0.15, 0.2) is 0 Å². The van der Waals surface area contributed by atoms with Crippen LogP contribution in [0.4, 0.5) is 24.5 Å². The van der Waals surface area contributed by atoms with Gasteiger partial charge in [0.2, 0.25) is 0 Å². The second kappa shape index (κ2) is 8.84. The van der Waals surface area contributed by atoms with Crippen molar-refractivity contribution in [3.8, 4) is 21.7 Å². The van der Waals surface area contributed by atoms with Crippen molar-refractivity contribution in [2.24, 2.45) is 0 Å². The lowest BCUT2D eigenvalue weighted by atomic mass is 10.1. The summed E-state index contributed by atoms with van der Waals surface area (Å²) in [6.45, 7) is 0. The summed E-state index contributed by atoms with van der Waals surface area (Å²) in [5.74, 6) is -0.638. The van der Waals surface area contributed by atoms with Crippen LogP contribution in [0, 0.1) is 0 Å². The van der Waals surface area contributed by atoms with Crippen LogP contribution in [0.5, 0.6) is 0 Å². The average molecular weight is 491 g/mol. The molecule has 5 rings (SSSR count). The zero-order valence-electron chi connectivity index (χ0n) is 18.0. The molecule has 0 saturated carbocycles. The van der Waals surface area contributed by atoms with Gasteiger partial charge in [-0.2, -0.15) is 13.2 Å². The summed E-state index contributed by atoms with van der Waals surface area (Å²) < 4.78 is 39.0. The fraction of sp³-hybridized carbons (Fsp3) is 0.0385. The predicted molar refractivity (Wildman–Crippen MR) is 132 cm³/mol. The number of nitrogens with two attached hydrogens (primary N) is 1. The number of hydrogen-bond donors (Lipinski definition) is 2. The van der Waals surface area contributed by atoms with Crippen molar-refractivity contribution in [3.63, 3.8) is 0 Å². The normalized spacial score (nSPS) is 11.5. The number of amides is 1. The van der Waals surface area contributed by atoms with Gasteiger partial charge in [-0.15, -0.1) is 11.3 Å². The molecule has 0 spiro atoms. The van der Waals surface area contributed by atoms with Crippen LogP contribution < -0.4 is 11.1 Å². The molecule has 0 atom stereocenters. The van der Waals surface area contributed by atoms with Crippen molar-refractivity contribution in [2.45, 2.75) is 6.18 Å². The number of alkyl halides is 3. The first-order valence-corrected chi connectivity index (χ1v) is 11.3. The fourth-order valence-electron chi connectivity index (χ4n) is 3.70. The first kappa shape index (κ1) is 22.5. The third kappa shape index (κ3) is 4.71. The van der Waals surface area contributed by atoms with Crippen LogP contribution in [-0.4, -0.2) is 15.9 Å². The van der Waals surface area contributed by atoms with E-state index < -0.39 is 17.6 Å². The molecule has 0 radical (unpaired) electrons. The molecular formula is C26H17F3N4OS. The van der Waals surface area contributed by atoms with Gasteiger partial charge < -0.3 is 11.1 Å². The Kier molecular flexibility index (Phi) is 5.70. The Morgan fingerprint density at radius 3 is 2.46 bits per heavy atom. The van der Waals surface area contributed by atoms with E-state index in [4.69, 9.17) is 5.73 Å². The molecule has 9 heteroatoms. The third-order valence-corrected chi connectivity index (χ3v) is 6.44. The van der Waals surface area contributed by atoms with Crippen LogP contribution >= 0.6 is 11.3 Å². The minimum Gasteiger partial charge on any atom is -0.399 e. The van der Waals surface area contributed by atoms with Crippen LogP contribution in [0.3, 0.4) is 0 Å². The molecule has 0 saturated heterocycles. The van der Waals surface area contributed by atoms with Gasteiger partial charge in [-0.05, 0) is 54.1 Å². The molecule has 2 aromatic heterocycles.